The molecule has 2 unspecified atom stereocenters. The molecule has 0 radical (unpaired) electrons. The Morgan fingerprint density at radius 3 is 2.43 bits per heavy atom. The summed E-state index contributed by atoms with van der Waals surface area (Å²) in [6.07, 6.45) is 0. The van der Waals surface area contributed by atoms with Gasteiger partial charge in [0.15, 0.2) is 0 Å². The molecule has 3 rings (SSSR count). The number of rotatable bonds is 3. The molecular formula is C19H22N2O2. The summed E-state index contributed by atoms with van der Waals surface area (Å²) in [5.74, 6) is 0.0421. The molecule has 1 aliphatic heterocycles. The molecule has 0 bridgehead atoms. The molecule has 4 nitrogen and oxygen atoms in total. The van der Waals surface area contributed by atoms with Gasteiger partial charge in [0.25, 0.3) is 0 Å². The van der Waals surface area contributed by atoms with E-state index in [1.165, 1.54) is 0 Å². The van der Waals surface area contributed by atoms with Crippen LogP contribution in [0.25, 0.3) is 0 Å². The number of hydrogen-bond acceptors (Lipinski definition) is 3. The van der Waals surface area contributed by atoms with Crippen LogP contribution in [0.5, 0.6) is 0 Å². The highest BCUT2D eigenvalue weighted by Gasteiger charge is 2.39. The molecule has 23 heavy (non-hydrogen) atoms. The topological polar surface area (TPSA) is 52.6 Å². The fraction of sp³-hybridized carbons (Fsp3) is 0.316. The van der Waals surface area contributed by atoms with Gasteiger partial charge in [0.2, 0.25) is 5.91 Å². The number of nitrogens with one attached hydrogen (secondary N) is 1. The van der Waals surface area contributed by atoms with E-state index in [2.05, 4.69) is 18.3 Å². The number of fused-ring (bicyclic) bond motifs is 1. The van der Waals surface area contributed by atoms with Crippen LogP contribution in [0.3, 0.4) is 0 Å². The highest BCUT2D eigenvalue weighted by atomic mass is 16.3. The Kier molecular flexibility index (Phi) is 4.35. The summed E-state index contributed by atoms with van der Waals surface area (Å²) in [6.45, 7) is 3.58. The lowest BCUT2D eigenvalue weighted by Crippen LogP contribution is -2.51. The maximum Gasteiger partial charge on any atom is 0.224 e. The predicted molar refractivity (Wildman–Crippen MR) is 92.4 cm³/mol. The zero-order valence-electron chi connectivity index (χ0n) is 13.4. The van der Waals surface area contributed by atoms with Gasteiger partial charge in [-0.1, -0.05) is 43.3 Å². The van der Waals surface area contributed by atoms with E-state index in [1.807, 2.05) is 48.5 Å². The average Bonchev–Trinajstić information content (AvgIpc) is 2.57. The van der Waals surface area contributed by atoms with Crippen LogP contribution in [0.1, 0.15) is 25.5 Å². The second-order valence-corrected chi connectivity index (χ2v) is 6.04. The van der Waals surface area contributed by atoms with Gasteiger partial charge >= 0.3 is 0 Å². The second-order valence-electron chi connectivity index (χ2n) is 6.04. The molecule has 0 aliphatic carbocycles. The maximum absolute atomic E-state index is 12.1. The molecular weight excluding hydrogens is 288 g/mol. The number of hydrogen-bond donors (Lipinski definition) is 2. The van der Waals surface area contributed by atoms with Crippen LogP contribution in [0.15, 0.2) is 54.6 Å². The third-order valence-corrected chi connectivity index (χ3v) is 4.62. The monoisotopic (exact) mass is 310 g/mol. The van der Waals surface area contributed by atoms with Crippen LogP contribution >= 0.6 is 0 Å². The molecule has 2 aromatic carbocycles. The molecule has 2 N–H and O–H groups in total. The maximum atomic E-state index is 12.1. The minimum absolute atomic E-state index is 0.0403. The van der Waals surface area contributed by atoms with E-state index in [9.17, 15) is 9.90 Å². The Morgan fingerprint density at radius 1 is 1.13 bits per heavy atom. The van der Waals surface area contributed by atoms with Crippen LogP contribution in [0.4, 0.5) is 11.4 Å². The number of aliphatic hydroxyl groups is 1. The van der Waals surface area contributed by atoms with Crippen molar-refractivity contribution in [2.24, 2.45) is 5.92 Å². The first kappa shape index (κ1) is 15.6. The fourth-order valence-electron chi connectivity index (χ4n) is 3.46. The fourth-order valence-corrected chi connectivity index (χ4v) is 3.46. The van der Waals surface area contributed by atoms with E-state index in [0.29, 0.717) is 0 Å². The summed E-state index contributed by atoms with van der Waals surface area (Å²) in [7, 11) is 0. The molecule has 2 aromatic rings. The Balaban J connectivity index is 2.05. The summed E-state index contributed by atoms with van der Waals surface area (Å²) < 4.78 is 0. The Bertz CT molecular complexity index is 687. The van der Waals surface area contributed by atoms with Crippen molar-refractivity contribution < 1.29 is 9.90 Å². The van der Waals surface area contributed by atoms with E-state index in [0.717, 1.165) is 16.9 Å². The predicted octanol–water partition coefficient (Wildman–Crippen LogP) is 3.20. The van der Waals surface area contributed by atoms with Crippen LogP contribution in [-0.2, 0) is 4.79 Å². The molecule has 1 amide bonds. The van der Waals surface area contributed by atoms with Crippen LogP contribution in [0, 0.1) is 5.92 Å². The number of anilines is 2. The van der Waals surface area contributed by atoms with E-state index in [1.54, 1.807) is 11.8 Å². The number of aliphatic hydroxyl groups excluding tert-OH is 1. The smallest absolute Gasteiger partial charge is 0.224 e. The van der Waals surface area contributed by atoms with Gasteiger partial charge < -0.3 is 15.3 Å². The first-order chi connectivity index (χ1) is 11.1. The molecule has 4 heteroatoms. The van der Waals surface area contributed by atoms with Crippen LogP contribution in [0.2, 0.25) is 0 Å². The minimum Gasteiger partial charge on any atom is -0.394 e. The van der Waals surface area contributed by atoms with E-state index < -0.39 is 0 Å². The van der Waals surface area contributed by atoms with Gasteiger partial charge in [0, 0.05) is 24.2 Å². The zero-order valence-corrected chi connectivity index (χ0v) is 13.4. The van der Waals surface area contributed by atoms with Gasteiger partial charge in [-0.2, -0.15) is 0 Å². The molecule has 1 heterocycles. The summed E-state index contributed by atoms with van der Waals surface area (Å²) in [4.78, 5) is 13.9. The normalized spacial score (nSPS) is 23.3. The highest BCUT2D eigenvalue weighted by Crippen LogP contribution is 2.42. The third-order valence-electron chi connectivity index (χ3n) is 4.62. The Morgan fingerprint density at radius 2 is 1.78 bits per heavy atom. The van der Waals surface area contributed by atoms with E-state index in [-0.39, 0.29) is 30.5 Å². The zero-order chi connectivity index (χ0) is 16.4. The summed E-state index contributed by atoms with van der Waals surface area (Å²) in [6, 6.07) is 17.8. The first-order valence-electron chi connectivity index (χ1n) is 7.94. The number of amides is 1. The molecule has 0 saturated heterocycles. The van der Waals surface area contributed by atoms with Crippen molar-refractivity contribution in [2.45, 2.75) is 25.9 Å². The van der Waals surface area contributed by atoms with Crippen molar-refractivity contribution in [2.75, 3.05) is 16.8 Å². The van der Waals surface area contributed by atoms with Gasteiger partial charge in [0.1, 0.15) is 0 Å². The number of benzene rings is 2. The third kappa shape index (κ3) is 2.82. The van der Waals surface area contributed by atoms with Crippen molar-refractivity contribution in [1.29, 1.82) is 0 Å². The SMILES string of the molecule is CC(=O)N1c2ccccc2C(Nc2ccccc2)[C@@H](C)C1CO. The highest BCUT2D eigenvalue weighted by molar-refractivity contribution is 5.94. The van der Waals surface area contributed by atoms with Gasteiger partial charge in [0.05, 0.1) is 18.7 Å². The number of nitrogens with zero attached hydrogens (tertiary/aromatic N) is 1. The molecule has 120 valence electrons. The summed E-state index contributed by atoms with van der Waals surface area (Å²) in [5, 5.41) is 13.4. The van der Waals surface area contributed by atoms with E-state index >= 15 is 0 Å². The van der Waals surface area contributed by atoms with Crippen LogP contribution < -0.4 is 10.2 Å². The van der Waals surface area contributed by atoms with Crippen LogP contribution in [-0.4, -0.2) is 23.7 Å². The molecule has 0 aromatic heterocycles. The van der Waals surface area contributed by atoms with Crippen molar-refractivity contribution in [3.05, 3.63) is 60.2 Å². The molecule has 3 atom stereocenters. The second kappa shape index (κ2) is 6.42. The molecule has 0 fully saturated rings. The lowest BCUT2D eigenvalue weighted by molar-refractivity contribution is -0.117. The lowest BCUT2D eigenvalue weighted by Gasteiger charge is -2.44. The first-order valence-corrected chi connectivity index (χ1v) is 7.94. The van der Waals surface area contributed by atoms with Gasteiger partial charge in [-0.05, 0) is 23.8 Å². The van der Waals surface area contributed by atoms with Crippen molar-refractivity contribution in [3.8, 4) is 0 Å². The average molecular weight is 310 g/mol. The van der Waals surface area contributed by atoms with Gasteiger partial charge in [-0.25, -0.2) is 0 Å². The van der Waals surface area contributed by atoms with Crippen molar-refractivity contribution in [1.82, 2.24) is 0 Å². The summed E-state index contributed by atoms with van der Waals surface area (Å²) >= 11 is 0. The Labute approximate surface area is 136 Å². The largest absolute Gasteiger partial charge is 0.394 e. The lowest BCUT2D eigenvalue weighted by atomic mass is 9.82. The molecule has 0 saturated carbocycles. The quantitative estimate of drug-likeness (QED) is 0.915. The van der Waals surface area contributed by atoms with Crippen molar-refractivity contribution in [3.63, 3.8) is 0 Å². The molecule has 1 aliphatic rings. The summed E-state index contributed by atoms with van der Waals surface area (Å²) in [5.41, 5.74) is 3.00. The minimum atomic E-state index is -0.233. The number of carbonyl (C=O) groups is 1. The standard InChI is InChI=1S/C19H22N2O2/c1-13-18(12-22)21(14(2)23)17-11-7-6-10-16(17)19(13)20-15-8-4-3-5-9-15/h3-11,13,18-20,22H,12H2,1-2H3/t13-,18?,19?/m0/s1. The number of para-hydroxylation sites is 2. The van der Waals surface area contributed by atoms with E-state index in [4.69, 9.17) is 0 Å². The molecule has 0 spiro atoms. The van der Waals surface area contributed by atoms with Crippen molar-refractivity contribution >= 4 is 17.3 Å². The van der Waals surface area contributed by atoms with Gasteiger partial charge in [-0.15, -0.1) is 0 Å². The number of carbonyl (C=O) groups excluding carboxylic acids is 1. The van der Waals surface area contributed by atoms with Gasteiger partial charge in [-0.3, -0.25) is 4.79 Å². The Hall–Kier alpha value is -2.33.